The van der Waals surface area contributed by atoms with Crippen molar-refractivity contribution in [2.24, 2.45) is 5.92 Å². The van der Waals surface area contributed by atoms with Gasteiger partial charge in [0.05, 0.1) is 5.41 Å². The lowest BCUT2D eigenvalue weighted by molar-refractivity contribution is 0.486. The van der Waals surface area contributed by atoms with Crippen molar-refractivity contribution in [1.29, 1.82) is 0 Å². The second kappa shape index (κ2) is 12.1. The van der Waals surface area contributed by atoms with E-state index < -0.39 is 5.41 Å². The molecule has 0 bridgehead atoms. The third kappa shape index (κ3) is 5.21. The van der Waals surface area contributed by atoms with Crippen LogP contribution in [0.3, 0.4) is 0 Å². The highest BCUT2D eigenvalue weighted by atomic mass is 16.4. The summed E-state index contributed by atoms with van der Waals surface area (Å²) >= 11 is 0. The molecule has 0 saturated carbocycles. The van der Waals surface area contributed by atoms with Gasteiger partial charge < -0.3 is 8.83 Å². The maximum atomic E-state index is 6.45. The molecule has 4 aliphatic rings. The van der Waals surface area contributed by atoms with Crippen LogP contribution in [0.1, 0.15) is 100 Å². The monoisotopic (exact) mass is 720 g/mol. The zero-order valence-electron chi connectivity index (χ0n) is 32.3. The Morgan fingerprint density at radius 1 is 0.564 bits per heavy atom. The van der Waals surface area contributed by atoms with Gasteiger partial charge in [-0.15, -0.1) is 20.4 Å². The van der Waals surface area contributed by atoms with E-state index in [9.17, 15) is 0 Å². The molecule has 1 spiro atoms. The van der Waals surface area contributed by atoms with Gasteiger partial charge >= 0.3 is 0 Å². The van der Waals surface area contributed by atoms with Crippen molar-refractivity contribution in [2.75, 3.05) is 0 Å². The second-order valence-electron chi connectivity index (χ2n) is 17.5. The Bertz CT molecular complexity index is 2630. The van der Waals surface area contributed by atoms with Crippen molar-refractivity contribution in [1.82, 2.24) is 20.4 Å². The molecule has 0 N–H and O–H groups in total. The molecule has 0 saturated heterocycles. The zero-order valence-corrected chi connectivity index (χ0v) is 32.3. The minimum atomic E-state index is -0.406. The normalized spacial score (nSPS) is 19.9. The van der Waals surface area contributed by atoms with Crippen molar-refractivity contribution in [2.45, 2.75) is 77.0 Å². The standard InChI is InChI=1S/C49H44N4O2/c1-47(2,3)33-21-15-29(16-22-33)43-50-52-45(54-43)31-19-25-37-35-11-7-9-13-39(35)49(41(37)27-31)40-14-10-8-12-36(40)38-26-20-32(28-42(38)49)46-53-51-44(55-46)30-17-23-34(24-18-30)48(4,5)6/h7,9,11-26,28,41H,8,10,27H2,1-6H3/t41-,49?/m0/s1. The summed E-state index contributed by atoms with van der Waals surface area (Å²) in [5, 5.41) is 18.3. The first-order chi connectivity index (χ1) is 26.5. The maximum Gasteiger partial charge on any atom is 0.248 e. The molecule has 272 valence electrons. The summed E-state index contributed by atoms with van der Waals surface area (Å²) in [4.78, 5) is 0. The minimum absolute atomic E-state index is 0.0665. The van der Waals surface area contributed by atoms with Crippen LogP contribution in [-0.2, 0) is 16.2 Å². The Morgan fingerprint density at radius 2 is 1.13 bits per heavy atom. The highest BCUT2D eigenvalue weighted by Gasteiger charge is 2.58. The maximum absolute atomic E-state index is 6.45. The summed E-state index contributed by atoms with van der Waals surface area (Å²) in [6.07, 6.45) is 12.2. The molecular formula is C49H44N4O2. The van der Waals surface area contributed by atoms with E-state index in [1.807, 2.05) is 0 Å². The lowest BCUT2D eigenvalue weighted by Gasteiger charge is -2.38. The van der Waals surface area contributed by atoms with E-state index >= 15 is 0 Å². The van der Waals surface area contributed by atoms with Gasteiger partial charge in [-0.05, 0) is 117 Å². The van der Waals surface area contributed by atoms with Crippen LogP contribution in [-0.4, -0.2) is 20.4 Å². The average molecular weight is 721 g/mol. The Morgan fingerprint density at radius 3 is 1.78 bits per heavy atom. The molecule has 2 atom stereocenters. The highest BCUT2D eigenvalue weighted by molar-refractivity contribution is 5.99. The number of aromatic nitrogens is 4. The van der Waals surface area contributed by atoms with Crippen LogP contribution in [0.25, 0.3) is 51.1 Å². The molecule has 0 aliphatic heterocycles. The number of rotatable bonds is 4. The number of hydrogen-bond donors (Lipinski definition) is 0. The molecule has 4 aromatic carbocycles. The number of nitrogens with zero attached hydrogens (tertiary/aromatic N) is 4. The average Bonchev–Trinajstić information content (AvgIpc) is 3.99. The molecule has 6 heteroatoms. The van der Waals surface area contributed by atoms with Gasteiger partial charge in [0, 0.05) is 28.2 Å². The SMILES string of the molecule is CC(C)(C)c1ccc(-c2nnc(C3=CC=C4c5ccccc5C5(C6=CCCC=C6c6ccc(-c7nnc(-c8ccc(C(C)(C)C)cc8)o7)cc65)[C@H]4C3)o2)cc1. The Kier molecular flexibility index (Phi) is 7.38. The Labute approximate surface area is 322 Å². The predicted octanol–water partition coefficient (Wildman–Crippen LogP) is 12.0. The first kappa shape index (κ1) is 33.7. The zero-order chi connectivity index (χ0) is 37.7. The van der Waals surface area contributed by atoms with Crippen LogP contribution in [0, 0.1) is 5.92 Å². The fourth-order valence-corrected chi connectivity index (χ4v) is 9.30. The van der Waals surface area contributed by atoms with Crippen LogP contribution in [0.4, 0.5) is 0 Å². The van der Waals surface area contributed by atoms with Crippen molar-refractivity contribution in [3.8, 4) is 34.4 Å². The third-order valence-electron chi connectivity index (χ3n) is 12.1. The smallest absolute Gasteiger partial charge is 0.248 e. The van der Waals surface area contributed by atoms with Crippen LogP contribution in [0.5, 0.6) is 0 Å². The van der Waals surface area contributed by atoms with Crippen LogP contribution >= 0.6 is 0 Å². The summed E-state index contributed by atoms with van der Waals surface area (Å²) < 4.78 is 12.9. The number of hydrogen-bond acceptors (Lipinski definition) is 6. The summed E-state index contributed by atoms with van der Waals surface area (Å²) in [7, 11) is 0. The largest absolute Gasteiger partial charge is 0.416 e. The molecule has 1 unspecified atom stereocenters. The molecule has 2 aromatic heterocycles. The molecule has 0 radical (unpaired) electrons. The lowest BCUT2D eigenvalue weighted by atomic mass is 9.63. The number of fused-ring (bicyclic) bond motifs is 10. The van der Waals surface area contributed by atoms with Crippen molar-refractivity contribution >= 4 is 16.7 Å². The predicted molar refractivity (Wildman–Crippen MR) is 219 cm³/mol. The van der Waals surface area contributed by atoms with Gasteiger partial charge in [0.2, 0.25) is 23.6 Å². The van der Waals surface area contributed by atoms with E-state index in [4.69, 9.17) is 8.83 Å². The molecule has 6 aromatic rings. The van der Waals surface area contributed by atoms with E-state index in [0.717, 1.165) is 41.5 Å². The van der Waals surface area contributed by atoms with Crippen LogP contribution in [0.15, 0.2) is 130 Å². The first-order valence-corrected chi connectivity index (χ1v) is 19.5. The minimum Gasteiger partial charge on any atom is -0.416 e. The lowest BCUT2D eigenvalue weighted by Crippen LogP contribution is -2.33. The van der Waals surface area contributed by atoms with Gasteiger partial charge in [-0.3, -0.25) is 0 Å². The van der Waals surface area contributed by atoms with E-state index in [1.54, 1.807) is 0 Å². The van der Waals surface area contributed by atoms with Gasteiger partial charge in [-0.2, -0.15) is 0 Å². The molecule has 4 aliphatic carbocycles. The summed E-state index contributed by atoms with van der Waals surface area (Å²) in [6, 6.07) is 32.6. The summed E-state index contributed by atoms with van der Waals surface area (Å²) in [5.41, 5.74) is 15.4. The molecule has 10 rings (SSSR count). The molecule has 55 heavy (non-hydrogen) atoms. The van der Waals surface area contributed by atoms with Gasteiger partial charge in [-0.25, -0.2) is 0 Å². The van der Waals surface area contributed by atoms with E-state index in [-0.39, 0.29) is 16.7 Å². The molecule has 0 fully saturated rings. The first-order valence-electron chi connectivity index (χ1n) is 19.5. The number of benzene rings is 4. The Balaban J connectivity index is 1.06. The molecule has 0 amide bonds. The Hall–Kier alpha value is -5.88. The fraction of sp³-hybridized carbons (Fsp3) is 0.265. The van der Waals surface area contributed by atoms with Gasteiger partial charge in [0.1, 0.15) is 0 Å². The fourth-order valence-electron chi connectivity index (χ4n) is 9.30. The van der Waals surface area contributed by atoms with Gasteiger partial charge in [-0.1, -0.05) is 120 Å². The third-order valence-corrected chi connectivity index (χ3v) is 12.1. The van der Waals surface area contributed by atoms with Crippen molar-refractivity contribution < 1.29 is 8.83 Å². The van der Waals surface area contributed by atoms with E-state index in [1.165, 1.54) is 50.1 Å². The molecule has 6 nitrogen and oxygen atoms in total. The van der Waals surface area contributed by atoms with Crippen molar-refractivity contribution in [3.63, 3.8) is 0 Å². The molecular weight excluding hydrogens is 677 g/mol. The number of allylic oxidation sites excluding steroid dienone is 8. The topological polar surface area (TPSA) is 77.8 Å². The van der Waals surface area contributed by atoms with Gasteiger partial charge in [0.25, 0.3) is 0 Å². The van der Waals surface area contributed by atoms with E-state index in [2.05, 4.69) is 177 Å². The van der Waals surface area contributed by atoms with Gasteiger partial charge in [0.15, 0.2) is 0 Å². The quantitative estimate of drug-likeness (QED) is 0.180. The van der Waals surface area contributed by atoms with Crippen molar-refractivity contribution in [3.05, 3.63) is 160 Å². The second-order valence-corrected chi connectivity index (χ2v) is 17.5. The van der Waals surface area contributed by atoms with Crippen LogP contribution in [0.2, 0.25) is 0 Å². The van der Waals surface area contributed by atoms with Crippen LogP contribution < -0.4 is 0 Å². The summed E-state index contributed by atoms with van der Waals surface area (Å²) in [5.74, 6) is 2.27. The highest BCUT2D eigenvalue weighted by Crippen LogP contribution is 2.67. The summed E-state index contributed by atoms with van der Waals surface area (Å²) in [6.45, 7) is 13.3. The molecule has 2 heterocycles. The van der Waals surface area contributed by atoms with E-state index in [0.29, 0.717) is 23.6 Å².